The van der Waals surface area contributed by atoms with E-state index in [1.807, 2.05) is 47.0 Å². The Morgan fingerprint density at radius 1 is 1.12 bits per heavy atom. The van der Waals surface area contributed by atoms with Crippen molar-refractivity contribution in [2.24, 2.45) is 5.73 Å². The number of aliphatic hydroxyl groups is 2. The number of para-hydroxylation sites is 2. The van der Waals surface area contributed by atoms with E-state index >= 15 is 0 Å². The fourth-order valence-electron chi connectivity index (χ4n) is 5.96. The van der Waals surface area contributed by atoms with Crippen molar-refractivity contribution in [3.8, 4) is 0 Å². The lowest BCUT2D eigenvalue weighted by atomic mass is 9.96. The summed E-state index contributed by atoms with van der Waals surface area (Å²) in [7, 11) is 0. The van der Waals surface area contributed by atoms with E-state index in [2.05, 4.69) is 16.4 Å². The van der Waals surface area contributed by atoms with E-state index in [4.69, 9.17) is 10.5 Å². The quantitative estimate of drug-likeness (QED) is 0.265. The van der Waals surface area contributed by atoms with Crippen molar-refractivity contribution in [3.05, 3.63) is 59.7 Å². The van der Waals surface area contributed by atoms with Crippen LogP contribution in [0.1, 0.15) is 35.5 Å². The fourth-order valence-corrected chi connectivity index (χ4v) is 5.96. The maximum Gasteiger partial charge on any atom is 0.252 e. The van der Waals surface area contributed by atoms with Gasteiger partial charge in [0.15, 0.2) is 5.79 Å². The Kier molecular flexibility index (Phi) is 3.87. The number of nitrogens with zero attached hydrogens (tertiary/aromatic N) is 1. The highest BCUT2D eigenvalue weighted by atomic mass is 16.7. The topological polar surface area (TPSA) is 126 Å². The van der Waals surface area contributed by atoms with Crippen molar-refractivity contribution in [3.63, 3.8) is 0 Å². The summed E-state index contributed by atoms with van der Waals surface area (Å²) in [6.07, 6.45) is -1.55. The third kappa shape index (κ3) is 2.43. The first-order valence-electron chi connectivity index (χ1n) is 11.5. The van der Waals surface area contributed by atoms with Gasteiger partial charge in [0.2, 0.25) is 0 Å². The van der Waals surface area contributed by atoms with Crippen LogP contribution in [0.2, 0.25) is 0 Å². The van der Waals surface area contributed by atoms with Gasteiger partial charge in [0.25, 0.3) is 5.91 Å². The number of carbonyl (C=O) groups excluding carboxylic acids is 1. The second kappa shape index (κ2) is 6.58. The standard InChI is InChI=1S/C26H24N4O4/c1-26(33)24(31)15(27)10-18(34-26)30-17-9-5-3-7-13(17)20-21-14(11-28-25(21)32)19-12-6-2-4-8-16(12)29-22(19)23(20)30/h2-9,15,18,24,29,31,33H,10-11,27H2,1H3,(H,28,32)/t15-,18+,24-,26+/m1/s1. The van der Waals surface area contributed by atoms with Gasteiger partial charge in [-0.3, -0.25) is 4.79 Å². The molecule has 1 saturated heterocycles. The third-order valence-electron chi connectivity index (χ3n) is 7.45. The molecule has 3 aromatic carbocycles. The third-order valence-corrected chi connectivity index (χ3v) is 7.45. The molecule has 0 spiro atoms. The molecule has 0 aliphatic carbocycles. The lowest BCUT2D eigenvalue weighted by molar-refractivity contribution is -0.308. The molecule has 2 aliphatic rings. The van der Waals surface area contributed by atoms with Crippen LogP contribution in [0.5, 0.6) is 0 Å². The summed E-state index contributed by atoms with van der Waals surface area (Å²) in [5.41, 5.74) is 11.5. The minimum atomic E-state index is -1.81. The summed E-state index contributed by atoms with van der Waals surface area (Å²) >= 11 is 0. The number of rotatable bonds is 1. The van der Waals surface area contributed by atoms with Crippen molar-refractivity contribution in [2.75, 3.05) is 0 Å². The molecule has 1 amide bonds. The Hall–Kier alpha value is -3.43. The summed E-state index contributed by atoms with van der Waals surface area (Å²) in [4.78, 5) is 16.7. The van der Waals surface area contributed by atoms with E-state index in [1.165, 1.54) is 6.92 Å². The maximum absolute atomic E-state index is 13.2. The van der Waals surface area contributed by atoms with Gasteiger partial charge in [-0.1, -0.05) is 36.4 Å². The van der Waals surface area contributed by atoms with Gasteiger partial charge in [-0.25, -0.2) is 0 Å². The van der Waals surface area contributed by atoms with E-state index in [0.29, 0.717) is 18.5 Å². The second-order valence-corrected chi connectivity index (χ2v) is 9.54. The van der Waals surface area contributed by atoms with Crippen LogP contribution in [-0.2, 0) is 11.3 Å². The van der Waals surface area contributed by atoms with Crippen LogP contribution >= 0.6 is 0 Å². The lowest BCUT2D eigenvalue weighted by Gasteiger charge is -2.42. The molecule has 0 unspecified atom stereocenters. The van der Waals surface area contributed by atoms with E-state index in [9.17, 15) is 15.0 Å². The van der Waals surface area contributed by atoms with Crippen molar-refractivity contribution < 1.29 is 19.7 Å². The smallest absolute Gasteiger partial charge is 0.252 e. The van der Waals surface area contributed by atoms with Crippen LogP contribution in [0.4, 0.5) is 0 Å². The second-order valence-electron chi connectivity index (χ2n) is 9.54. The minimum Gasteiger partial charge on any atom is -0.386 e. The van der Waals surface area contributed by atoms with E-state index < -0.39 is 24.2 Å². The predicted molar refractivity (Wildman–Crippen MR) is 129 cm³/mol. The number of nitrogens with two attached hydrogens (primary N) is 1. The van der Waals surface area contributed by atoms with Gasteiger partial charge >= 0.3 is 0 Å². The Morgan fingerprint density at radius 2 is 1.85 bits per heavy atom. The van der Waals surface area contributed by atoms with Crippen molar-refractivity contribution in [1.29, 1.82) is 0 Å². The van der Waals surface area contributed by atoms with Gasteiger partial charge in [-0.2, -0.15) is 0 Å². The Labute approximate surface area is 193 Å². The van der Waals surface area contributed by atoms with E-state index in [-0.39, 0.29) is 5.91 Å². The highest BCUT2D eigenvalue weighted by Gasteiger charge is 2.45. The number of benzene rings is 3. The Morgan fingerprint density at radius 3 is 2.65 bits per heavy atom. The van der Waals surface area contributed by atoms with Gasteiger partial charge < -0.3 is 35.6 Å². The largest absolute Gasteiger partial charge is 0.386 e. The summed E-state index contributed by atoms with van der Waals surface area (Å²) in [5, 5.41) is 28.1. The number of carbonyl (C=O) groups is 1. The summed E-state index contributed by atoms with van der Waals surface area (Å²) < 4.78 is 8.08. The number of H-pyrrole nitrogens is 1. The summed E-state index contributed by atoms with van der Waals surface area (Å²) in [5.74, 6) is -1.91. The van der Waals surface area contributed by atoms with Gasteiger partial charge in [0.1, 0.15) is 12.3 Å². The van der Waals surface area contributed by atoms with E-state index in [0.717, 1.165) is 49.2 Å². The number of fused-ring (bicyclic) bond motifs is 10. The van der Waals surface area contributed by atoms with Crippen molar-refractivity contribution >= 4 is 49.5 Å². The molecule has 8 heteroatoms. The molecular formula is C26H24N4O4. The van der Waals surface area contributed by atoms with Gasteiger partial charge in [0, 0.05) is 46.1 Å². The highest BCUT2D eigenvalue weighted by Crippen LogP contribution is 2.46. The molecule has 4 heterocycles. The first-order chi connectivity index (χ1) is 16.4. The average molecular weight is 457 g/mol. The van der Waals surface area contributed by atoms with E-state index in [1.54, 1.807) is 0 Å². The van der Waals surface area contributed by atoms with Gasteiger partial charge in [0.05, 0.1) is 22.1 Å². The Balaban J connectivity index is 1.69. The number of hydrogen-bond donors (Lipinski definition) is 5. The van der Waals surface area contributed by atoms with Crippen LogP contribution in [0, 0.1) is 0 Å². The molecule has 1 fully saturated rings. The van der Waals surface area contributed by atoms with Crippen molar-refractivity contribution in [2.45, 2.75) is 44.1 Å². The van der Waals surface area contributed by atoms with Crippen LogP contribution in [0.25, 0.3) is 43.6 Å². The number of aliphatic hydroxyl groups excluding tert-OH is 1. The number of aromatic nitrogens is 2. The molecule has 7 rings (SSSR count). The predicted octanol–water partition coefficient (Wildman–Crippen LogP) is 2.99. The SMILES string of the molecule is C[C@]1(O)O[C@H](n2c3ccccc3c3c4c(c5c6ccccc6[nH]c5c32)CNC4=O)C[C@@H](N)[C@H]1O. The molecule has 2 aliphatic heterocycles. The number of amides is 1. The Bertz CT molecular complexity index is 1660. The minimum absolute atomic E-state index is 0.0984. The van der Waals surface area contributed by atoms with Crippen LogP contribution in [-0.4, -0.2) is 43.6 Å². The van der Waals surface area contributed by atoms with Gasteiger partial charge in [-0.15, -0.1) is 0 Å². The molecule has 34 heavy (non-hydrogen) atoms. The van der Waals surface area contributed by atoms with Crippen molar-refractivity contribution in [1.82, 2.24) is 14.9 Å². The molecule has 2 aromatic heterocycles. The molecule has 0 radical (unpaired) electrons. The lowest BCUT2D eigenvalue weighted by Crippen LogP contribution is -2.57. The molecule has 6 N–H and O–H groups in total. The molecule has 8 nitrogen and oxygen atoms in total. The molecule has 5 aromatic rings. The normalized spacial score (nSPS) is 27.2. The number of hydrogen-bond acceptors (Lipinski definition) is 5. The summed E-state index contributed by atoms with van der Waals surface area (Å²) in [6, 6.07) is 15.3. The average Bonchev–Trinajstić information content (AvgIpc) is 3.48. The molecule has 0 saturated carbocycles. The number of nitrogens with one attached hydrogen (secondary N) is 2. The highest BCUT2D eigenvalue weighted by molar-refractivity contribution is 6.30. The first kappa shape index (κ1) is 20.0. The van der Waals surface area contributed by atoms with Crippen LogP contribution in [0.15, 0.2) is 48.5 Å². The molecule has 4 atom stereocenters. The number of aromatic amines is 1. The van der Waals surface area contributed by atoms with Crippen LogP contribution < -0.4 is 11.1 Å². The fraction of sp³-hybridized carbons (Fsp3) is 0.269. The zero-order valence-electron chi connectivity index (χ0n) is 18.5. The van der Waals surface area contributed by atoms with Crippen LogP contribution in [0.3, 0.4) is 0 Å². The zero-order chi connectivity index (χ0) is 23.4. The number of ether oxygens (including phenoxy) is 1. The summed E-state index contributed by atoms with van der Waals surface area (Å²) in [6.45, 7) is 1.90. The first-order valence-corrected chi connectivity index (χ1v) is 11.5. The maximum atomic E-state index is 13.2. The van der Waals surface area contributed by atoms with Gasteiger partial charge in [-0.05, 0) is 24.6 Å². The molecule has 0 bridgehead atoms. The monoisotopic (exact) mass is 456 g/mol. The molecule has 172 valence electrons. The molecular weight excluding hydrogens is 432 g/mol. The zero-order valence-corrected chi connectivity index (χ0v) is 18.5.